The summed E-state index contributed by atoms with van der Waals surface area (Å²) in [4.78, 5) is 50.3. The molecule has 3 fully saturated rings. The van der Waals surface area contributed by atoms with Crippen molar-refractivity contribution in [1.29, 1.82) is 0 Å². The van der Waals surface area contributed by atoms with Crippen LogP contribution in [0, 0.1) is 15.5 Å². The molecule has 4 aromatic carbocycles. The predicted octanol–water partition coefficient (Wildman–Crippen LogP) is 10.1. The number of nitrogens with one attached hydrogen (secondary N) is 2. The third kappa shape index (κ3) is 15.2. The van der Waals surface area contributed by atoms with Gasteiger partial charge in [0.05, 0.1) is 9.82 Å². The number of amides is 2. The summed E-state index contributed by atoms with van der Waals surface area (Å²) in [6.07, 6.45) is 7.09. The van der Waals surface area contributed by atoms with E-state index < -0.39 is 26.5 Å². The number of anilines is 2. The summed E-state index contributed by atoms with van der Waals surface area (Å²) in [6, 6.07) is 28.7. The van der Waals surface area contributed by atoms with Crippen molar-refractivity contribution in [2.24, 2.45) is 5.41 Å². The minimum Gasteiger partial charge on any atom is -0.444 e. The van der Waals surface area contributed by atoms with Crippen LogP contribution in [0.2, 0.25) is 5.02 Å². The third-order valence-electron chi connectivity index (χ3n) is 14.6. The van der Waals surface area contributed by atoms with Gasteiger partial charge in [-0.05, 0) is 150 Å². The first-order valence-electron chi connectivity index (χ1n) is 26.2. The van der Waals surface area contributed by atoms with Crippen LogP contribution in [0.1, 0.15) is 88.6 Å². The molecule has 0 aromatic heterocycles. The normalized spacial score (nSPS) is 20.0. The number of halogens is 1. The van der Waals surface area contributed by atoms with Crippen LogP contribution in [-0.2, 0) is 14.8 Å². The Balaban J connectivity index is 0.864. The molecule has 2 atom stereocenters. The summed E-state index contributed by atoms with van der Waals surface area (Å²) in [5.74, 6) is -0.165. The molecule has 2 amide bonds. The third-order valence-corrected chi connectivity index (χ3v) is 17.4. The highest BCUT2D eigenvalue weighted by molar-refractivity contribution is 7.99. The molecule has 1 aliphatic carbocycles. The number of sulfonamides is 1. The summed E-state index contributed by atoms with van der Waals surface area (Å²) in [5.41, 5.74) is 4.56. The van der Waals surface area contributed by atoms with E-state index in [-0.39, 0.29) is 39.4 Å². The highest BCUT2D eigenvalue weighted by atomic mass is 35.5. The summed E-state index contributed by atoms with van der Waals surface area (Å²) in [6.45, 7) is 19.0. The number of hydrogen-bond donors (Lipinski definition) is 2. The van der Waals surface area contributed by atoms with Crippen LogP contribution in [0.3, 0.4) is 0 Å². The largest absolute Gasteiger partial charge is 0.444 e. The zero-order valence-corrected chi connectivity index (χ0v) is 45.8. The lowest BCUT2D eigenvalue weighted by Gasteiger charge is -2.44. The zero-order valence-electron chi connectivity index (χ0n) is 43.4. The number of nitro groups is 1. The van der Waals surface area contributed by atoms with Crippen LogP contribution < -0.4 is 14.9 Å². The second-order valence-corrected chi connectivity index (χ2v) is 24.9. The number of nitrogens with zero attached hydrogens (tertiary/aromatic N) is 6. The minimum atomic E-state index is -4.47. The fraction of sp³-hybridized carbons (Fsp3) is 0.500. The molecule has 3 saturated heterocycles. The number of carbonyl (C=O) groups excluding carboxylic acids is 2. The molecule has 18 heteroatoms. The summed E-state index contributed by atoms with van der Waals surface area (Å²) in [7, 11) is -4.47. The summed E-state index contributed by atoms with van der Waals surface area (Å²) >= 11 is 8.00. The van der Waals surface area contributed by atoms with E-state index in [1.807, 2.05) is 80.3 Å². The topological polar surface area (TPSA) is 161 Å². The van der Waals surface area contributed by atoms with Crippen LogP contribution in [-0.4, -0.2) is 147 Å². The number of piperidine rings is 1. The quantitative estimate of drug-likeness (QED) is 0.0551. The Morgan fingerprint density at radius 3 is 2.18 bits per heavy atom. The lowest BCUT2D eigenvalue weighted by atomic mass is 9.71. The summed E-state index contributed by atoms with van der Waals surface area (Å²) < 4.78 is 35.0. The SMILES string of the molecule is CC(C)(C)OC(=O)N1CCN(C[C@]2(C)CCC(c3ccc(Cl)cc3)=C(CN3CCN(c4ccc(C(=O)NS(=O)(=O)c5ccc(N[C@H](CCN6CCCCC6)CSc6ccccc6)c([N+](=O)[O-])c5)cc4)CC3)C2)CC1. The molecule has 0 unspecified atom stereocenters. The molecular weight excluding hydrogens is 996 g/mol. The first kappa shape index (κ1) is 55.1. The summed E-state index contributed by atoms with van der Waals surface area (Å²) in [5, 5.41) is 16.5. The number of nitro benzene ring substituents is 1. The number of hydrogen-bond acceptors (Lipinski definition) is 13. The van der Waals surface area contributed by atoms with Crippen molar-refractivity contribution >= 4 is 68.0 Å². The van der Waals surface area contributed by atoms with Gasteiger partial charge in [-0.1, -0.05) is 60.9 Å². The lowest BCUT2D eigenvalue weighted by molar-refractivity contribution is -0.384. The van der Waals surface area contributed by atoms with Gasteiger partial charge in [0.25, 0.3) is 21.6 Å². The second kappa shape index (κ2) is 24.7. The first-order chi connectivity index (χ1) is 35.4. The number of ether oxygens (including phenoxy) is 1. The molecule has 0 spiro atoms. The van der Waals surface area contributed by atoms with Crippen LogP contribution in [0.25, 0.3) is 5.57 Å². The monoisotopic (exact) mass is 1070 g/mol. The van der Waals surface area contributed by atoms with Crippen molar-refractivity contribution in [1.82, 2.24) is 24.3 Å². The molecule has 8 rings (SSSR count). The number of thioether (sulfide) groups is 1. The van der Waals surface area contributed by atoms with Crippen molar-refractivity contribution < 1.29 is 27.7 Å². The van der Waals surface area contributed by atoms with Gasteiger partial charge < -0.3 is 24.8 Å². The van der Waals surface area contributed by atoms with Crippen LogP contribution in [0.5, 0.6) is 0 Å². The predicted molar refractivity (Wildman–Crippen MR) is 297 cm³/mol. The average Bonchev–Trinajstić information content (AvgIpc) is 3.38. The molecule has 74 heavy (non-hydrogen) atoms. The lowest BCUT2D eigenvalue weighted by Crippen LogP contribution is -2.52. The van der Waals surface area contributed by atoms with E-state index in [4.69, 9.17) is 16.3 Å². The molecule has 0 saturated carbocycles. The van der Waals surface area contributed by atoms with Crippen molar-refractivity contribution in [2.45, 2.75) is 94.1 Å². The maximum absolute atomic E-state index is 13.6. The van der Waals surface area contributed by atoms with Crippen LogP contribution >= 0.6 is 23.4 Å². The van der Waals surface area contributed by atoms with E-state index >= 15 is 0 Å². The molecule has 4 aromatic rings. The minimum absolute atomic E-state index is 0.0763. The van der Waals surface area contributed by atoms with E-state index in [0.29, 0.717) is 18.8 Å². The van der Waals surface area contributed by atoms with Crippen molar-refractivity contribution in [3.8, 4) is 0 Å². The maximum atomic E-state index is 13.6. The van der Waals surface area contributed by atoms with Gasteiger partial charge in [0.2, 0.25) is 0 Å². The Morgan fingerprint density at radius 2 is 1.51 bits per heavy atom. The van der Waals surface area contributed by atoms with Gasteiger partial charge in [-0.15, -0.1) is 11.8 Å². The fourth-order valence-corrected chi connectivity index (χ4v) is 12.8. The molecule has 3 aliphatic heterocycles. The Morgan fingerprint density at radius 1 is 0.838 bits per heavy atom. The number of allylic oxidation sites excluding steroid dienone is 1. The van der Waals surface area contributed by atoms with Gasteiger partial charge in [-0.25, -0.2) is 17.9 Å². The second-order valence-electron chi connectivity index (χ2n) is 21.7. The Bertz CT molecular complexity index is 2700. The Kier molecular flexibility index (Phi) is 18.4. The van der Waals surface area contributed by atoms with Gasteiger partial charge >= 0.3 is 6.09 Å². The first-order valence-corrected chi connectivity index (χ1v) is 29.0. The smallest absolute Gasteiger partial charge is 0.410 e. The Hall–Kier alpha value is -5.17. The van der Waals surface area contributed by atoms with Gasteiger partial charge in [-0.2, -0.15) is 0 Å². The molecule has 15 nitrogen and oxygen atoms in total. The number of likely N-dealkylation sites (tertiary alicyclic amines) is 1. The fourth-order valence-electron chi connectivity index (χ4n) is 10.7. The van der Waals surface area contributed by atoms with Crippen LogP contribution in [0.15, 0.2) is 112 Å². The van der Waals surface area contributed by atoms with Crippen molar-refractivity contribution in [2.75, 3.05) is 101 Å². The molecule has 0 radical (unpaired) electrons. The molecule has 0 bridgehead atoms. The number of carbonyl (C=O) groups is 2. The number of rotatable bonds is 18. The maximum Gasteiger partial charge on any atom is 0.410 e. The molecule has 398 valence electrons. The van der Waals surface area contributed by atoms with Gasteiger partial charge in [0.15, 0.2) is 0 Å². The Labute approximate surface area is 447 Å². The average molecular weight is 1070 g/mol. The van der Waals surface area contributed by atoms with Gasteiger partial charge in [0, 0.05) is 111 Å². The highest BCUT2D eigenvalue weighted by Gasteiger charge is 2.36. The standard InChI is InChI=1S/C56H73ClN8O7S2/c1-55(2,3)72-54(67)64-35-31-62(32-36-64)41-56(4)25-23-50(42-13-17-45(57)18-14-42)44(38-56)39-61-29-33-63(34-30-61)47-19-15-43(16-20-47)53(66)59-74(70,71)49-21-22-51(52(37-49)65(68)69)58-46(24-28-60-26-9-6-10-27-60)40-73-48-11-7-5-8-12-48/h5,7-8,11-22,37,46,58H,6,9-10,23-36,38-41H2,1-4H3,(H,59,66)/t46-,56-/m1/s1. The molecule has 4 aliphatic rings. The van der Waals surface area contributed by atoms with E-state index in [0.717, 1.165) is 132 Å². The molecule has 2 N–H and O–H groups in total. The van der Waals surface area contributed by atoms with Crippen LogP contribution in [0.4, 0.5) is 21.9 Å². The number of piperazine rings is 2. The van der Waals surface area contributed by atoms with E-state index in [2.05, 4.69) is 48.7 Å². The highest BCUT2D eigenvalue weighted by Crippen LogP contribution is 2.44. The van der Waals surface area contributed by atoms with E-state index in [9.17, 15) is 28.1 Å². The van der Waals surface area contributed by atoms with E-state index in [1.54, 1.807) is 23.9 Å². The molecular formula is C56H73ClN8O7S2. The van der Waals surface area contributed by atoms with Gasteiger partial charge in [-0.3, -0.25) is 24.7 Å². The van der Waals surface area contributed by atoms with E-state index in [1.165, 1.54) is 35.3 Å². The van der Waals surface area contributed by atoms with Crippen molar-refractivity contribution in [3.05, 3.63) is 129 Å². The zero-order chi connectivity index (χ0) is 52.5. The number of benzene rings is 4. The molecule has 3 heterocycles. The van der Waals surface area contributed by atoms with Gasteiger partial charge in [0.1, 0.15) is 11.3 Å². The van der Waals surface area contributed by atoms with Crippen molar-refractivity contribution in [3.63, 3.8) is 0 Å².